The highest BCUT2D eigenvalue weighted by Crippen LogP contribution is 2.57. The van der Waals surface area contributed by atoms with E-state index in [1.165, 1.54) is 55.3 Å². The van der Waals surface area contributed by atoms with Crippen LogP contribution in [0, 0.1) is 27.7 Å². The van der Waals surface area contributed by atoms with Crippen LogP contribution in [-0.2, 0) is 5.41 Å². The minimum atomic E-state index is -0.349. The van der Waals surface area contributed by atoms with Gasteiger partial charge in [0.25, 0.3) is 0 Å². The second kappa shape index (κ2) is 13.7. The summed E-state index contributed by atoms with van der Waals surface area (Å²) in [6, 6.07) is 61.8. The summed E-state index contributed by atoms with van der Waals surface area (Å²) < 4.78 is 13.5. The molecule has 0 spiro atoms. The fourth-order valence-electron chi connectivity index (χ4n) is 10.6. The van der Waals surface area contributed by atoms with Crippen molar-refractivity contribution in [2.45, 2.75) is 47.0 Å². The van der Waals surface area contributed by atoms with Gasteiger partial charge >= 0.3 is 0 Å². The summed E-state index contributed by atoms with van der Waals surface area (Å²) in [5.74, 6) is 0. The van der Waals surface area contributed by atoms with E-state index in [1.807, 2.05) is 12.1 Å². The molecule has 63 heavy (non-hydrogen) atoms. The van der Waals surface area contributed by atoms with E-state index >= 15 is 0 Å². The second-order valence-corrected chi connectivity index (χ2v) is 18.0. The molecular formula is C59H46N2O2. The standard InChI is InChI=1S/C59H46N2O2/c1-35-25-29-49(37(3)31-35)60(51-21-13-19-44-41-16-9-11-23-54(41)62-57(44)51)39-27-28-46-47(33-39)59(5,6)48-34-53(40-15-7-8-18-43(40)56(46)48)61(50-30-26-36(2)32-38(50)4)52-22-14-20-45-42-17-10-12-24-55(42)63-58(45)52/h7-34H,1-6H3. The zero-order chi connectivity index (χ0) is 42.7. The Balaban J connectivity index is 1.09. The number of benzene rings is 9. The molecule has 0 unspecified atom stereocenters. The molecule has 0 fully saturated rings. The summed E-state index contributed by atoms with van der Waals surface area (Å²) in [6.45, 7) is 13.5. The maximum Gasteiger partial charge on any atom is 0.159 e. The van der Waals surface area contributed by atoms with Crippen LogP contribution in [0.2, 0.25) is 0 Å². The molecule has 0 N–H and O–H groups in total. The molecule has 2 aromatic heterocycles. The van der Waals surface area contributed by atoms with Gasteiger partial charge < -0.3 is 18.6 Å². The van der Waals surface area contributed by atoms with Gasteiger partial charge in [0.2, 0.25) is 0 Å². The lowest BCUT2D eigenvalue weighted by atomic mass is 9.81. The molecule has 12 rings (SSSR count). The van der Waals surface area contributed by atoms with Gasteiger partial charge in [0, 0.05) is 49.4 Å². The van der Waals surface area contributed by atoms with Gasteiger partial charge in [-0.3, -0.25) is 0 Å². The van der Waals surface area contributed by atoms with Crippen LogP contribution in [0.3, 0.4) is 0 Å². The SMILES string of the molecule is Cc1ccc(N(c2ccc3c(c2)C(C)(C)c2cc(N(c4ccc(C)cc4C)c4cccc5c4oc4ccccc45)c4ccccc4c2-3)c2cccc3c2oc2ccccc23)c(C)c1. The number of anilines is 6. The summed E-state index contributed by atoms with van der Waals surface area (Å²) in [7, 11) is 0. The highest BCUT2D eigenvalue weighted by Gasteiger charge is 2.39. The monoisotopic (exact) mass is 814 g/mol. The number of para-hydroxylation sites is 4. The number of hydrogen-bond donors (Lipinski definition) is 0. The molecule has 0 saturated heterocycles. The summed E-state index contributed by atoms with van der Waals surface area (Å²) in [6.07, 6.45) is 0. The first-order valence-electron chi connectivity index (χ1n) is 21.9. The van der Waals surface area contributed by atoms with E-state index in [0.29, 0.717) is 0 Å². The Hall–Kier alpha value is -7.56. The first-order chi connectivity index (χ1) is 30.7. The molecule has 9 aromatic carbocycles. The summed E-state index contributed by atoms with van der Waals surface area (Å²) in [5, 5.41) is 6.87. The quantitative estimate of drug-likeness (QED) is 0.167. The maximum atomic E-state index is 6.78. The van der Waals surface area contributed by atoms with Gasteiger partial charge in [0.1, 0.15) is 11.2 Å². The van der Waals surface area contributed by atoms with Gasteiger partial charge in [-0.1, -0.05) is 140 Å². The Morgan fingerprint density at radius 1 is 0.381 bits per heavy atom. The number of aryl methyl sites for hydroxylation is 4. The van der Waals surface area contributed by atoms with E-state index in [1.54, 1.807) is 0 Å². The third kappa shape index (κ3) is 5.54. The van der Waals surface area contributed by atoms with Crippen molar-refractivity contribution in [2.24, 2.45) is 0 Å². The molecule has 2 heterocycles. The topological polar surface area (TPSA) is 32.8 Å². The smallest absolute Gasteiger partial charge is 0.159 e. The molecule has 0 radical (unpaired) electrons. The molecule has 0 bridgehead atoms. The third-order valence-electron chi connectivity index (χ3n) is 13.6. The number of nitrogens with zero attached hydrogens (tertiary/aromatic N) is 2. The van der Waals surface area contributed by atoms with E-state index in [0.717, 1.165) is 78.0 Å². The molecule has 0 amide bonds. The van der Waals surface area contributed by atoms with Crippen LogP contribution in [0.25, 0.3) is 65.8 Å². The predicted molar refractivity (Wildman–Crippen MR) is 264 cm³/mol. The van der Waals surface area contributed by atoms with Crippen molar-refractivity contribution in [3.63, 3.8) is 0 Å². The maximum absolute atomic E-state index is 6.78. The molecule has 0 aliphatic heterocycles. The molecule has 1 aliphatic rings. The third-order valence-corrected chi connectivity index (χ3v) is 13.6. The Bertz CT molecular complexity index is 3680. The van der Waals surface area contributed by atoms with Crippen LogP contribution < -0.4 is 9.80 Å². The number of hydrogen-bond acceptors (Lipinski definition) is 4. The molecule has 304 valence electrons. The van der Waals surface area contributed by atoms with Crippen molar-refractivity contribution < 1.29 is 8.83 Å². The Kier molecular flexibility index (Phi) is 8.11. The highest BCUT2D eigenvalue weighted by molar-refractivity contribution is 6.15. The summed E-state index contributed by atoms with van der Waals surface area (Å²) >= 11 is 0. The van der Waals surface area contributed by atoms with Gasteiger partial charge in [0.05, 0.1) is 17.1 Å². The second-order valence-electron chi connectivity index (χ2n) is 18.0. The minimum absolute atomic E-state index is 0.349. The van der Waals surface area contributed by atoms with Crippen molar-refractivity contribution in [2.75, 3.05) is 9.80 Å². The minimum Gasteiger partial charge on any atom is -0.454 e. The molecule has 1 aliphatic carbocycles. The van der Waals surface area contributed by atoms with Crippen molar-refractivity contribution in [1.82, 2.24) is 0 Å². The molecule has 11 aromatic rings. The van der Waals surface area contributed by atoms with Gasteiger partial charge in [-0.25, -0.2) is 0 Å². The fraction of sp³-hybridized carbons (Fsp3) is 0.119. The number of furan rings is 2. The summed E-state index contributed by atoms with van der Waals surface area (Å²) in [4.78, 5) is 4.85. The molecule has 0 saturated carbocycles. The van der Waals surface area contributed by atoms with Crippen LogP contribution >= 0.6 is 0 Å². The normalized spacial score (nSPS) is 13.0. The molecule has 4 heteroatoms. The molecule has 4 nitrogen and oxygen atoms in total. The van der Waals surface area contributed by atoms with Gasteiger partial charge in [-0.2, -0.15) is 0 Å². The lowest BCUT2D eigenvalue weighted by Gasteiger charge is -2.31. The lowest BCUT2D eigenvalue weighted by Crippen LogP contribution is -2.18. The van der Waals surface area contributed by atoms with Crippen LogP contribution in [0.1, 0.15) is 47.2 Å². The van der Waals surface area contributed by atoms with Crippen molar-refractivity contribution >= 4 is 88.8 Å². The molecule has 0 atom stereocenters. The zero-order valence-corrected chi connectivity index (χ0v) is 36.4. The van der Waals surface area contributed by atoms with Gasteiger partial charge in [-0.05, 0) is 121 Å². The lowest BCUT2D eigenvalue weighted by molar-refractivity contribution is 0.660. The highest BCUT2D eigenvalue weighted by atomic mass is 16.3. The average molecular weight is 815 g/mol. The Morgan fingerprint density at radius 3 is 1.48 bits per heavy atom. The van der Waals surface area contributed by atoms with Gasteiger partial charge in [0.15, 0.2) is 11.2 Å². The van der Waals surface area contributed by atoms with Crippen LogP contribution in [0.4, 0.5) is 34.1 Å². The van der Waals surface area contributed by atoms with E-state index < -0.39 is 0 Å². The van der Waals surface area contributed by atoms with Crippen LogP contribution in [0.15, 0.2) is 179 Å². The van der Waals surface area contributed by atoms with Crippen LogP contribution in [-0.4, -0.2) is 0 Å². The van der Waals surface area contributed by atoms with Crippen molar-refractivity contribution in [3.8, 4) is 11.1 Å². The molecular weight excluding hydrogens is 769 g/mol. The average Bonchev–Trinajstić information content (AvgIpc) is 3.94. The van der Waals surface area contributed by atoms with Crippen LogP contribution in [0.5, 0.6) is 0 Å². The van der Waals surface area contributed by atoms with Crippen molar-refractivity contribution in [3.05, 3.63) is 203 Å². The van der Waals surface area contributed by atoms with Gasteiger partial charge in [-0.15, -0.1) is 0 Å². The Morgan fingerprint density at radius 2 is 0.889 bits per heavy atom. The first kappa shape index (κ1) is 37.2. The first-order valence-corrected chi connectivity index (χ1v) is 21.9. The Labute approximate surface area is 367 Å². The van der Waals surface area contributed by atoms with Crippen molar-refractivity contribution in [1.29, 1.82) is 0 Å². The number of fused-ring (bicyclic) bond motifs is 11. The van der Waals surface area contributed by atoms with E-state index in [2.05, 4.69) is 209 Å². The van der Waals surface area contributed by atoms with E-state index in [9.17, 15) is 0 Å². The largest absolute Gasteiger partial charge is 0.454 e. The predicted octanol–water partition coefficient (Wildman–Crippen LogP) is 17.1. The summed E-state index contributed by atoms with van der Waals surface area (Å²) in [5.41, 5.74) is 19.7. The van der Waals surface area contributed by atoms with E-state index in [4.69, 9.17) is 8.83 Å². The fourth-order valence-corrected chi connectivity index (χ4v) is 10.6. The van der Waals surface area contributed by atoms with E-state index in [-0.39, 0.29) is 5.41 Å². The number of rotatable bonds is 6. The zero-order valence-electron chi connectivity index (χ0n) is 36.4.